The van der Waals surface area contributed by atoms with Gasteiger partial charge in [-0.15, -0.1) is 0 Å². The van der Waals surface area contributed by atoms with Crippen LogP contribution < -0.4 is 5.32 Å². The lowest BCUT2D eigenvalue weighted by molar-refractivity contribution is 0.494. The van der Waals surface area contributed by atoms with Crippen LogP contribution in [0, 0.1) is 5.82 Å². The number of benzene rings is 2. The maximum absolute atomic E-state index is 13.2. The molecule has 2 rings (SSSR count). The second-order valence-electron chi connectivity index (χ2n) is 4.84. The van der Waals surface area contributed by atoms with Crippen LogP contribution in [0.3, 0.4) is 0 Å². The lowest BCUT2D eigenvalue weighted by Gasteiger charge is -2.21. The molecule has 2 aromatic carbocycles. The standard InChI is InChI=1S/C16H16Cl2FN/c1-10(12-4-3-5-14(17)8-12)20-11(2)13-6-7-16(19)15(18)9-13/h3-11,20H,1-2H3/t10-,11?/m0/s1. The van der Waals surface area contributed by atoms with Gasteiger partial charge in [0.25, 0.3) is 0 Å². The highest BCUT2D eigenvalue weighted by Crippen LogP contribution is 2.24. The van der Waals surface area contributed by atoms with Crippen molar-refractivity contribution in [2.45, 2.75) is 25.9 Å². The molecule has 2 aromatic rings. The van der Waals surface area contributed by atoms with Crippen LogP contribution in [0.25, 0.3) is 0 Å². The Morgan fingerprint density at radius 3 is 2.20 bits per heavy atom. The Morgan fingerprint density at radius 1 is 0.950 bits per heavy atom. The van der Waals surface area contributed by atoms with E-state index in [-0.39, 0.29) is 17.1 Å². The molecular weight excluding hydrogens is 296 g/mol. The first-order valence-corrected chi connectivity index (χ1v) is 7.19. The van der Waals surface area contributed by atoms with Crippen LogP contribution in [-0.4, -0.2) is 0 Å². The van der Waals surface area contributed by atoms with E-state index in [0.717, 1.165) is 11.1 Å². The Hall–Kier alpha value is -1.09. The summed E-state index contributed by atoms with van der Waals surface area (Å²) in [6.07, 6.45) is 0. The van der Waals surface area contributed by atoms with Crippen LogP contribution in [0.1, 0.15) is 37.1 Å². The average molecular weight is 312 g/mol. The summed E-state index contributed by atoms with van der Waals surface area (Å²) in [4.78, 5) is 0. The summed E-state index contributed by atoms with van der Waals surface area (Å²) in [6, 6.07) is 12.7. The van der Waals surface area contributed by atoms with Crippen molar-refractivity contribution in [3.05, 3.63) is 69.5 Å². The third-order valence-electron chi connectivity index (χ3n) is 3.29. The molecule has 1 unspecified atom stereocenters. The van der Waals surface area contributed by atoms with E-state index in [9.17, 15) is 4.39 Å². The number of rotatable bonds is 4. The molecular formula is C16H16Cl2FN. The average Bonchev–Trinajstić information content (AvgIpc) is 2.41. The van der Waals surface area contributed by atoms with Crippen LogP contribution in [0.15, 0.2) is 42.5 Å². The summed E-state index contributed by atoms with van der Waals surface area (Å²) < 4.78 is 13.2. The summed E-state index contributed by atoms with van der Waals surface area (Å²) in [6.45, 7) is 4.08. The Balaban J connectivity index is 2.10. The van der Waals surface area contributed by atoms with Gasteiger partial charge in [0.1, 0.15) is 5.82 Å². The van der Waals surface area contributed by atoms with Crippen molar-refractivity contribution in [1.82, 2.24) is 5.32 Å². The second-order valence-corrected chi connectivity index (χ2v) is 5.68. The van der Waals surface area contributed by atoms with Gasteiger partial charge in [-0.3, -0.25) is 0 Å². The second kappa shape index (κ2) is 6.57. The fourth-order valence-corrected chi connectivity index (χ4v) is 2.51. The normalized spacial score (nSPS) is 14.1. The monoisotopic (exact) mass is 311 g/mol. The van der Waals surface area contributed by atoms with Gasteiger partial charge in [-0.05, 0) is 49.2 Å². The van der Waals surface area contributed by atoms with Gasteiger partial charge in [0, 0.05) is 17.1 Å². The first kappa shape index (κ1) is 15.3. The molecule has 0 radical (unpaired) electrons. The smallest absolute Gasteiger partial charge is 0.141 e. The third kappa shape index (κ3) is 3.72. The zero-order valence-corrected chi connectivity index (χ0v) is 12.8. The molecule has 0 aliphatic carbocycles. The lowest BCUT2D eigenvalue weighted by atomic mass is 10.0. The van der Waals surface area contributed by atoms with E-state index >= 15 is 0 Å². The lowest BCUT2D eigenvalue weighted by Crippen LogP contribution is -2.22. The molecule has 0 aliphatic rings. The van der Waals surface area contributed by atoms with E-state index < -0.39 is 5.82 Å². The van der Waals surface area contributed by atoms with Crippen molar-refractivity contribution in [3.8, 4) is 0 Å². The van der Waals surface area contributed by atoms with Crippen LogP contribution >= 0.6 is 23.2 Å². The fraction of sp³-hybridized carbons (Fsp3) is 0.250. The van der Waals surface area contributed by atoms with Crippen molar-refractivity contribution >= 4 is 23.2 Å². The maximum atomic E-state index is 13.2. The van der Waals surface area contributed by atoms with Gasteiger partial charge in [-0.2, -0.15) is 0 Å². The van der Waals surface area contributed by atoms with Crippen LogP contribution in [-0.2, 0) is 0 Å². The summed E-state index contributed by atoms with van der Waals surface area (Å²) >= 11 is 11.8. The van der Waals surface area contributed by atoms with Crippen molar-refractivity contribution in [2.24, 2.45) is 0 Å². The molecule has 0 bridgehead atoms. The minimum Gasteiger partial charge on any atom is -0.304 e. The topological polar surface area (TPSA) is 12.0 Å². The molecule has 0 aromatic heterocycles. The minimum atomic E-state index is -0.398. The summed E-state index contributed by atoms with van der Waals surface area (Å²) in [5, 5.41) is 4.31. The number of halogens is 3. The van der Waals surface area contributed by atoms with E-state index in [4.69, 9.17) is 23.2 Å². The Morgan fingerprint density at radius 2 is 1.60 bits per heavy atom. The Kier molecular flexibility index (Phi) is 5.03. The molecule has 0 spiro atoms. The Bertz CT molecular complexity index is 601. The van der Waals surface area contributed by atoms with E-state index in [2.05, 4.69) is 12.2 Å². The number of hydrogen-bond donors (Lipinski definition) is 1. The van der Waals surface area contributed by atoms with Crippen LogP contribution in [0.4, 0.5) is 4.39 Å². The van der Waals surface area contributed by atoms with Gasteiger partial charge in [-0.25, -0.2) is 4.39 Å². The van der Waals surface area contributed by atoms with Crippen molar-refractivity contribution < 1.29 is 4.39 Å². The van der Waals surface area contributed by atoms with Crippen LogP contribution in [0.2, 0.25) is 10.0 Å². The van der Waals surface area contributed by atoms with Crippen LogP contribution in [0.5, 0.6) is 0 Å². The van der Waals surface area contributed by atoms with Gasteiger partial charge < -0.3 is 5.32 Å². The summed E-state index contributed by atoms with van der Waals surface area (Å²) in [5.74, 6) is -0.398. The van der Waals surface area contributed by atoms with Gasteiger partial charge >= 0.3 is 0 Å². The molecule has 0 saturated carbocycles. The van der Waals surface area contributed by atoms with E-state index in [1.165, 1.54) is 6.07 Å². The highest BCUT2D eigenvalue weighted by molar-refractivity contribution is 6.31. The number of nitrogens with one attached hydrogen (secondary N) is 1. The molecule has 0 fully saturated rings. The molecule has 0 amide bonds. The zero-order chi connectivity index (χ0) is 14.7. The summed E-state index contributed by atoms with van der Waals surface area (Å²) in [7, 11) is 0. The SMILES string of the molecule is CC(N[C@@H](C)c1cccc(Cl)c1)c1ccc(F)c(Cl)c1. The largest absolute Gasteiger partial charge is 0.304 e. The molecule has 1 nitrogen and oxygen atoms in total. The summed E-state index contributed by atoms with van der Waals surface area (Å²) in [5.41, 5.74) is 2.06. The first-order valence-electron chi connectivity index (χ1n) is 6.44. The molecule has 20 heavy (non-hydrogen) atoms. The molecule has 0 saturated heterocycles. The van der Waals surface area contributed by atoms with Crippen molar-refractivity contribution in [3.63, 3.8) is 0 Å². The van der Waals surface area contributed by atoms with Crippen molar-refractivity contribution in [2.75, 3.05) is 0 Å². The molecule has 0 heterocycles. The third-order valence-corrected chi connectivity index (χ3v) is 3.82. The zero-order valence-electron chi connectivity index (χ0n) is 11.3. The van der Waals surface area contributed by atoms with E-state index in [1.54, 1.807) is 12.1 Å². The van der Waals surface area contributed by atoms with Gasteiger partial charge in [0.2, 0.25) is 0 Å². The number of hydrogen-bond acceptors (Lipinski definition) is 1. The quantitative estimate of drug-likeness (QED) is 0.781. The predicted octanol–water partition coefficient (Wildman–Crippen LogP) is 5.54. The van der Waals surface area contributed by atoms with E-state index in [0.29, 0.717) is 5.02 Å². The molecule has 106 valence electrons. The Labute approximate surface area is 128 Å². The molecule has 4 heteroatoms. The molecule has 0 aliphatic heterocycles. The van der Waals surface area contributed by atoms with Crippen molar-refractivity contribution in [1.29, 1.82) is 0 Å². The van der Waals surface area contributed by atoms with Gasteiger partial charge in [0.05, 0.1) is 5.02 Å². The first-order chi connectivity index (χ1) is 9.47. The van der Waals surface area contributed by atoms with Gasteiger partial charge in [0.15, 0.2) is 0 Å². The highest BCUT2D eigenvalue weighted by atomic mass is 35.5. The minimum absolute atomic E-state index is 0.0575. The maximum Gasteiger partial charge on any atom is 0.141 e. The van der Waals surface area contributed by atoms with Gasteiger partial charge in [-0.1, -0.05) is 41.4 Å². The fourth-order valence-electron chi connectivity index (χ4n) is 2.13. The highest BCUT2D eigenvalue weighted by Gasteiger charge is 2.12. The molecule has 2 atom stereocenters. The molecule has 1 N–H and O–H groups in total. The predicted molar refractivity (Wildman–Crippen MR) is 82.8 cm³/mol. The van der Waals surface area contributed by atoms with E-state index in [1.807, 2.05) is 31.2 Å².